The van der Waals surface area contributed by atoms with Crippen molar-refractivity contribution >= 4 is 11.6 Å². The van der Waals surface area contributed by atoms with Gasteiger partial charge in [-0.2, -0.15) is 0 Å². The van der Waals surface area contributed by atoms with Gasteiger partial charge in [-0.15, -0.1) is 11.6 Å². The Hall–Kier alpha value is -0.490. The van der Waals surface area contributed by atoms with Crippen LogP contribution >= 0.6 is 11.6 Å². The van der Waals surface area contributed by atoms with Crippen LogP contribution in [0.4, 0.5) is 0 Å². The Labute approximate surface area is 110 Å². The van der Waals surface area contributed by atoms with Crippen molar-refractivity contribution < 1.29 is 0 Å². The summed E-state index contributed by atoms with van der Waals surface area (Å²) in [6.45, 7) is 4.60. The number of alkyl halides is 1. The molecule has 0 saturated heterocycles. The summed E-state index contributed by atoms with van der Waals surface area (Å²) >= 11 is 6.35. The first kappa shape index (κ1) is 13.0. The number of benzene rings is 1. The molecule has 1 aliphatic carbocycles. The quantitative estimate of drug-likeness (QED) is 0.665. The molecule has 0 radical (unpaired) electrons. The molecule has 0 heterocycles. The van der Waals surface area contributed by atoms with Crippen molar-refractivity contribution in [3.63, 3.8) is 0 Å². The molecule has 0 bridgehead atoms. The Balaban J connectivity index is 2.28. The second-order valence-electron chi connectivity index (χ2n) is 5.86. The summed E-state index contributed by atoms with van der Waals surface area (Å²) in [5.74, 6) is 1.54. The Morgan fingerprint density at radius 3 is 2.76 bits per heavy atom. The van der Waals surface area contributed by atoms with Gasteiger partial charge in [0.1, 0.15) is 0 Å². The van der Waals surface area contributed by atoms with Gasteiger partial charge in [-0.1, -0.05) is 44.5 Å². The molecule has 1 aromatic rings. The number of aryl methyl sites for hydroxylation is 1. The number of halogens is 1. The molecule has 0 N–H and O–H groups in total. The summed E-state index contributed by atoms with van der Waals surface area (Å²) in [6.07, 6.45) is 6.31. The van der Waals surface area contributed by atoms with E-state index in [2.05, 4.69) is 38.1 Å². The molecule has 0 saturated carbocycles. The first-order chi connectivity index (χ1) is 8.18. The normalized spacial score (nSPS) is 23.8. The van der Waals surface area contributed by atoms with Crippen molar-refractivity contribution in [1.82, 2.24) is 0 Å². The van der Waals surface area contributed by atoms with Crippen LogP contribution in [0.25, 0.3) is 0 Å². The predicted octanol–water partition coefficient (Wildman–Crippen LogP) is 4.94. The first-order valence-electron chi connectivity index (χ1n) is 6.82. The highest BCUT2D eigenvalue weighted by Crippen LogP contribution is 2.42. The van der Waals surface area contributed by atoms with Crippen LogP contribution in [0.3, 0.4) is 0 Å². The van der Waals surface area contributed by atoms with Crippen LogP contribution < -0.4 is 0 Å². The summed E-state index contributed by atoms with van der Waals surface area (Å²) < 4.78 is 0. The Bertz CT molecular complexity index is 370. The molecule has 0 amide bonds. The largest absolute Gasteiger partial charge is 0.126 e. The fraction of sp³-hybridized carbons (Fsp3) is 0.625. The van der Waals surface area contributed by atoms with Gasteiger partial charge in [-0.3, -0.25) is 0 Å². The molecular weight excluding hydrogens is 228 g/mol. The van der Waals surface area contributed by atoms with Gasteiger partial charge < -0.3 is 0 Å². The zero-order valence-electron chi connectivity index (χ0n) is 11.0. The van der Waals surface area contributed by atoms with Crippen LogP contribution in [-0.4, -0.2) is 5.88 Å². The van der Waals surface area contributed by atoms with Gasteiger partial charge in [-0.25, -0.2) is 0 Å². The molecule has 1 heteroatoms. The van der Waals surface area contributed by atoms with Crippen molar-refractivity contribution in [2.75, 3.05) is 5.88 Å². The van der Waals surface area contributed by atoms with E-state index in [1.807, 2.05) is 0 Å². The molecule has 1 atom stereocenters. The zero-order chi connectivity index (χ0) is 12.3. The molecule has 94 valence electrons. The van der Waals surface area contributed by atoms with Gasteiger partial charge in [0.25, 0.3) is 0 Å². The Morgan fingerprint density at radius 1 is 1.29 bits per heavy atom. The van der Waals surface area contributed by atoms with Gasteiger partial charge >= 0.3 is 0 Å². The number of fused-ring (bicyclic) bond motifs is 1. The number of rotatable bonds is 4. The molecule has 1 aliphatic rings. The lowest BCUT2D eigenvalue weighted by atomic mass is 9.68. The minimum absolute atomic E-state index is 0.251. The lowest BCUT2D eigenvalue weighted by Crippen LogP contribution is -2.33. The van der Waals surface area contributed by atoms with Crippen LogP contribution in [0.1, 0.15) is 50.7 Å². The maximum atomic E-state index is 6.35. The fourth-order valence-electron chi connectivity index (χ4n) is 3.04. The molecule has 0 aromatic heterocycles. The third-order valence-electron chi connectivity index (χ3n) is 4.15. The SMILES string of the molecule is CC(C)CCC1(CCl)CCCc2ccccc21. The van der Waals surface area contributed by atoms with Crippen molar-refractivity contribution in [1.29, 1.82) is 0 Å². The maximum Gasteiger partial charge on any atom is 0.0320 e. The van der Waals surface area contributed by atoms with Crippen molar-refractivity contribution in [3.8, 4) is 0 Å². The molecule has 1 aromatic carbocycles. The second-order valence-corrected chi connectivity index (χ2v) is 6.12. The topological polar surface area (TPSA) is 0 Å². The molecule has 0 aliphatic heterocycles. The lowest BCUT2D eigenvalue weighted by Gasteiger charge is -2.38. The predicted molar refractivity (Wildman–Crippen MR) is 75.9 cm³/mol. The van der Waals surface area contributed by atoms with E-state index in [1.54, 1.807) is 0 Å². The fourth-order valence-corrected chi connectivity index (χ4v) is 3.45. The average molecular weight is 251 g/mol. The highest BCUT2D eigenvalue weighted by molar-refractivity contribution is 6.18. The minimum atomic E-state index is 0.251. The third-order valence-corrected chi connectivity index (χ3v) is 4.66. The van der Waals surface area contributed by atoms with Gasteiger partial charge in [0, 0.05) is 11.3 Å². The summed E-state index contributed by atoms with van der Waals surface area (Å²) in [6, 6.07) is 8.91. The van der Waals surface area contributed by atoms with Crippen LogP contribution in [-0.2, 0) is 11.8 Å². The van der Waals surface area contributed by atoms with Gasteiger partial charge in [0.2, 0.25) is 0 Å². The zero-order valence-corrected chi connectivity index (χ0v) is 11.8. The van der Waals surface area contributed by atoms with Crippen molar-refractivity contribution in [2.24, 2.45) is 5.92 Å². The standard InChI is InChI=1S/C16H23Cl/c1-13(2)9-11-16(12-17)10-5-7-14-6-3-4-8-15(14)16/h3-4,6,8,13H,5,7,9-12H2,1-2H3. The van der Waals surface area contributed by atoms with E-state index in [1.165, 1.54) is 43.2 Å². The van der Waals surface area contributed by atoms with Crippen LogP contribution in [0.5, 0.6) is 0 Å². The van der Waals surface area contributed by atoms with Gasteiger partial charge in [0.05, 0.1) is 0 Å². The van der Waals surface area contributed by atoms with E-state index >= 15 is 0 Å². The van der Waals surface area contributed by atoms with Gasteiger partial charge in [-0.05, 0) is 42.7 Å². The van der Waals surface area contributed by atoms with E-state index < -0.39 is 0 Å². The monoisotopic (exact) mass is 250 g/mol. The minimum Gasteiger partial charge on any atom is -0.126 e. The van der Waals surface area contributed by atoms with E-state index in [0.29, 0.717) is 0 Å². The first-order valence-corrected chi connectivity index (χ1v) is 7.36. The smallest absolute Gasteiger partial charge is 0.0320 e. The lowest BCUT2D eigenvalue weighted by molar-refractivity contribution is 0.340. The molecule has 2 rings (SSSR count). The Morgan fingerprint density at radius 2 is 2.06 bits per heavy atom. The second kappa shape index (κ2) is 5.44. The molecule has 0 fully saturated rings. The highest BCUT2D eigenvalue weighted by Gasteiger charge is 2.35. The molecule has 0 nitrogen and oxygen atoms in total. The Kier molecular flexibility index (Phi) is 4.14. The van der Waals surface area contributed by atoms with Crippen LogP contribution in [0.15, 0.2) is 24.3 Å². The van der Waals surface area contributed by atoms with E-state index in [9.17, 15) is 0 Å². The molecule has 17 heavy (non-hydrogen) atoms. The summed E-state index contributed by atoms with van der Waals surface area (Å²) in [5, 5.41) is 0. The van der Waals surface area contributed by atoms with Gasteiger partial charge in [0.15, 0.2) is 0 Å². The molecule has 1 unspecified atom stereocenters. The third kappa shape index (κ3) is 2.68. The van der Waals surface area contributed by atoms with E-state index in [4.69, 9.17) is 11.6 Å². The molecular formula is C16H23Cl. The van der Waals surface area contributed by atoms with Crippen molar-refractivity contribution in [3.05, 3.63) is 35.4 Å². The summed E-state index contributed by atoms with van der Waals surface area (Å²) in [5.41, 5.74) is 3.31. The van der Waals surface area contributed by atoms with Crippen molar-refractivity contribution in [2.45, 2.75) is 51.4 Å². The van der Waals surface area contributed by atoms with E-state index in [-0.39, 0.29) is 5.41 Å². The summed E-state index contributed by atoms with van der Waals surface area (Å²) in [4.78, 5) is 0. The van der Waals surface area contributed by atoms with E-state index in [0.717, 1.165) is 11.8 Å². The highest BCUT2D eigenvalue weighted by atomic mass is 35.5. The summed E-state index contributed by atoms with van der Waals surface area (Å²) in [7, 11) is 0. The maximum absolute atomic E-state index is 6.35. The van der Waals surface area contributed by atoms with Crippen LogP contribution in [0.2, 0.25) is 0 Å². The average Bonchev–Trinajstić information content (AvgIpc) is 2.36. The number of hydrogen-bond donors (Lipinski definition) is 0. The number of hydrogen-bond acceptors (Lipinski definition) is 0. The molecule has 0 spiro atoms. The van der Waals surface area contributed by atoms with Crippen LogP contribution in [0, 0.1) is 5.92 Å².